The van der Waals surface area contributed by atoms with Gasteiger partial charge in [-0.15, -0.1) is 0 Å². The van der Waals surface area contributed by atoms with Crippen LogP contribution in [0.15, 0.2) is 0 Å². The molecule has 0 unspecified atom stereocenters. The van der Waals surface area contributed by atoms with Crippen molar-refractivity contribution in [1.82, 2.24) is 4.90 Å². The fraction of sp³-hybridized carbons (Fsp3) is 0.571. The highest BCUT2D eigenvalue weighted by Crippen LogP contribution is 2.12. The molecule has 1 rings (SSSR count). The van der Waals surface area contributed by atoms with Crippen LogP contribution < -0.4 is 0 Å². The first-order chi connectivity index (χ1) is 4.38. The molecule has 0 bridgehead atoms. The van der Waals surface area contributed by atoms with Crippen molar-refractivity contribution < 1.29 is 4.79 Å². The van der Waals surface area contributed by atoms with Crippen LogP contribution in [0.25, 0.3) is 0 Å². The van der Waals surface area contributed by atoms with Crippen LogP contribution in [0.2, 0.25) is 0 Å². The number of likely N-dealkylation sites (tertiary alicyclic amines) is 1. The second kappa shape index (κ2) is 2.54. The first-order valence-corrected chi connectivity index (χ1v) is 3.06. The maximum absolute atomic E-state index is 10.2. The van der Waals surface area contributed by atoms with E-state index in [1.165, 1.54) is 0 Å². The lowest BCUT2D eigenvalue weighted by Gasteiger charge is -2.12. The van der Waals surface area contributed by atoms with Crippen molar-refractivity contribution in [1.29, 1.82) is 0 Å². The van der Waals surface area contributed by atoms with Gasteiger partial charge in [0.05, 0.1) is 6.04 Å². The van der Waals surface area contributed by atoms with Gasteiger partial charge >= 0.3 is 0 Å². The van der Waals surface area contributed by atoms with Crippen molar-refractivity contribution in [2.75, 3.05) is 6.54 Å². The zero-order valence-corrected chi connectivity index (χ0v) is 5.21. The molecule has 2 heteroatoms. The van der Waals surface area contributed by atoms with E-state index in [1.807, 2.05) is 0 Å². The molecular weight excluding hydrogens is 114 g/mol. The summed E-state index contributed by atoms with van der Waals surface area (Å²) >= 11 is 0. The molecule has 0 spiro atoms. The van der Waals surface area contributed by atoms with Crippen molar-refractivity contribution in [2.24, 2.45) is 0 Å². The molecular formula is C7H9NO. The zero-order chi connectivity index (χ0) is 6.69. The summed E-state index contributed by atoms with van der Waals surface area (Å²) in [5.74, 6) is 0. The standard InChI is InChI=1S/C7H9NO/c1-2-8-5-3-4-7(8)6-9/h1,6-7H,3-5H2/t7-/m0/s1. The molecule has 1 fully saturated rings. The summed E-state index contributed by atoms with van der Waals surface area (Å²) in [4.78, 5) is 12.0. The molecule has 0 aliphatic carbocycles. The Bertz CT molecular complexity index is 147. The number of terminal acetylenes is 1. The summed E-state index contributed by atoms with van der Waals surface area (Å²) in [5, 5.41) is 0. The van der Waals surface area contributed by atoms with Crippen LogP contribution in [-0.2, 0) is 4.79 Å². The van der Waals surface area contributed by atoms with Gasteiger partial charge in [-0.05, 0) is 12.8 Å². The molecule has 1 saturated heterocycles. The summed E-state index contributed by atoms with van der Waals surface area (Å²) in [6, 6.07) is 2.46. The quantitative estimate of drug-likeness (QED) is 0.368. The smallest absolute Gasteiger partial charge is 0.143 e. The van der Waals surface area contributed by atoms with E-state index in [9.17, 15) is 4.79 Å². The largest absolute Gasteiger partial charge is 0.323 e. The molecule has 1 heterocycles. The van der Waals surface area contributed by atoms with Crippen LogP contribution in [0.4, 0.5) is 0 Å². The molecule has 2 nitrogen and oxygen atoms in total. The van der Waals surface area contributed by atoms with Crippen molar-refractivity contribution in [3.05, 3.63) is 0 Å². The normalized spacial score (nSPS) is 25.7. The van der Waals surface area contributed by atoms with Gasteiger partial charge in [0, 0.05) is 12.6 Å². The number of hydrogen-bond acceptors (Lipinski definition) is 2. The molecule has 0 N–H and O–H groups in total. The van der Waals surface area contributed by atoms with Gasteiger partial charge in [0.15, 0.2) is 0 Å². The topological polar surface area (TPSA) is 20.3 Å². The molecule has 0 aromatic rings. The van der Waals surface area contributed by atoms with E-state index in [0.717, 1.165) is 25.7 Å². The lowest BCUT2D eigenvalue weighted by Crippen LogP contribution is -2.25. The second-order valence-electron chi connectivity index (χ2n) is 2.17. The third-order valence-corrected chi connectivity index (χ3v) is 1.62. The average molecular weight is 123 g/mol. The van der Waals surface area contributed by atoms with Crippen molar-refractivity contribution in [2.45, 2.75) is 18.9 Å². The first-order valence-electron chi connectivity index (χ1n) is 3.06. The molecule has 1 atom stereocenters. The molecule has 0 amide bonds. The maximum atomic E-state index is 10.2. The third kappa shape index (κ3) is 1.05. The molecule has 48 valence electrons. The highest BCUT2D eigenvalue weighted by molar-refractivity contribution is 5.58. The summed E-state index contributed by atoms with van der Waals surface area (Å²) in [6.45, 7) is 0.875. The Morgan fingerprint density at radius 2 is 2.56 bits per heavy atom. The van der Waals surface area contributed by atoms with Gasteiger partial charge in [0.2, 0.25) is 0 Å². The van der Waals surface area contributed by atoms with Crippen LogP contribution >= 0.6 is 0 Å². The monoisotopic (exact) mass is 123 g/mol. The predicted molar refractivity (Wildman–Crippen MR) is 34.6 cm³/mol. The second-order valence-corrected chi connectivity index (χ2v) is 2.17. The minimum Gasteiger partial charge on any atom is -0.323 e. The Morgan fingerprint density at radius 3 is 3.00 bits per heavy atom. The Labute approximate surface area is 54.8 Å². The van der Waals surface area contributed by atoms with Gasteiger partial charge in [0.25, 0.3) is 0 Å². The molecule has 1 aliphatic rings. The highest BCUT2D eigenvalue weighted by atomic mass is 16.1. The first kappa shape index (κ1) is 6.15. The minimum atomic E-state index is -0.00463. The number of nitrogens with zero attached hydrogens (tertiary/aromatic N) is 1. The lowest BCUT2D eigenvalue weighted by atomic mass is 10.2. The van der Waals surface area contributed by atoms with E-state index in [-0.39, 0.29) is 6.04 Å². The Kier molecular flexibility index (Phi) is 1.74. The van der Waals surface area contributed by atoms with E-state index in [2.05, 4.69) is 6.04 Å². The van der Waals surface area contributed by atoms with Crippen molar-refractivity contribution in [3.63, 3.8) is 0 Å². The average Bonchev–Trinajstić information content (AvgIpc) is 2.33. The van der Waals surface area contributed by atoms with Gasteiger partial charge < -0.3 is 9.69 Å². The Balaban J connectivity index is 2.53. The van der Waals surface area contributed by atoms with Gasteiger partial charge in [-0.3, -0.25) is 0 Å². The molecule has 9 heavy (non-hydrogen) atoms. The summed E-state index contributed by atoms with van der Waals surface area (Å²) in [5.41, 5.74) is 0. The van der Waals surface area contributed by atoms with Crippen molar-refractivity contribution >= 4 is 6.29 Å². The van der Waals surface area contributed by atoms with Gasteiger partial charge in [-0.25, -0.2) is 0 Å². The SMILES string of the molecule is C#CN1CCC[C@H]1C=O. The fourth-order valence-electron chi connectivity index (χ4n) is 1.09. The number of carbonyl (C=O) groups is 1. The van der Waals surface area contributed by atoms with Gasteiger partial charge in [0.1, 0.15) is 6.29 Å². The zero-order valence-electron chi connectivity index (χ0n) is 5.21. The van der Waals surface area contributed by atoms with Crippen LogP contribution in [0.3, 0.4) is 0 Å². The fourth-order valence-corrected chi connectivity index (χ4v) is 1.09. The molecule has 1 aliphatic heterocycles. The Hall–Kier alpha value is -0.970. The number of carbonyl (C=O) groups excluding carboxylic acids is 1. The molecule has 0 aromatic heterocycles. The van der Waals surface area contributed by atoms with Crippen molar-refractivity contribution in [3.8, 4) is 12.5 Å². The molecule has 0 aromatic carbocycles. The Morgan fingerprint density at radius 1 is 1.78 bits per heavy atom. The van der Waals surface area contributed by atoms with E-state index < -0.39 is 0 Å². The summed E-state index contributed by atoms with van der Waals surface area (Å²) in [7, 11) is 0. The minimum absolute atomic E-state index is 0.00463. The van der Waals surface area contributed by atoms with E-state index in [4.69, 9.17) is 6.42 Å². The maximum Gasteiger partial charge on any atom is 0.143 e. The van der Waals surface area contributed by atoms with Crippen LogP contribution in [0, 0.1) is 12.5 Å². The highest BCUT2D eigenvalue weighted by Gasteiger charge is 2.20. The lowest BCUT2D eigenvalue weighted by molar-refractivity contribution is -0.110. The van der Waals surface area contributed by atoms with Crippen LogP contribution in [0.1, 0.15) is 12.8 Å². The number of hydrogen-bond donors (Lipinski definition) is 0. The number of aldehydes is 1. The van der Waals surface area contributed by atoms with E-state index >= 15 is 0 Å². The van der Waals surface area contributed by atoms with Crippen LogP contribution in [-0.4, -0.2) is 23.8 Å². The van der Waals surface area contributed by atoms with E-state index in [0.29, 0.717) is 0 Å². The predicted octanol–water partition coefficient (Wildman–Crippen LogP) is 0.240. The third-order valence-electron chi connectivity index (χ3n) is 1.62. The van der Waals surface area contributed by atoms with Gasteiger partial charge in [-0.1, -0.05) is 6.42 Å². The van der Waals surface area contributed by atoms with Crippen LogP contribution in [0.5, 0.6) is 0 Å². The molecule has 0 radical (unpaired) electrons. The van der Waals surface area contributed by atoms with Gasteiger partial charge in [-0.2, -0.15) is 0 Å². The summed E-state index contributed by atoms with van der Waals surface area (Å²) in [6.07, 6.45) is 8.01. The molecule has 0 saturated carbocycles. The number of rotatable bonds is 1. The summed E-state index contributed by atoms with van der Waals surface area (Å²) < 4.78 is 0. The van der Waals surface area contributed by atoms with E-state index in [1.54, 1.807) is 4.90 Å².